The summed E-state index contributed by atoms with van der Waals surface area (Å²) in [6.45, 7) is 8.03. The molecular formula is C14H17N3O3S. The standard InChI is InChI=1S/C14H17N3O3S/c1-10(2)9-15-12-4-6-13(7-5-12)21(18,19)17-14-8-11(3)20-16-14/h4-8,15H,1,9H2,2-3H3,(H,16,17). The molecule has 1 aromatic carbocycles. The highest BCUT2D eigenvalue weighted by Gasteiger charge is 2.15. The van der Waals surface area contributed by atoms with Crippen LogP contribution < -0.4 is 10.0 Å². The molecule has 0 aliphatic rings. The van der Waals surface area contributed by atoms with Crippen LogP contribution in [-0.4, -0.2) is 20.1 Å². The lowest BCUT2D eigenvalue weighted by molar-refractivity contribution is 0.400. The third kappa shape index (κ3) is 4.09. The van der Waals surface area contributed by atoms with E-state index >= 15 is 0 Å². The third-order valence-corrected chi connectivity index (χ3v) is 4.00. The van der Waals surface area contributed by atoms with Gasteiger partial charge in [-0.1, -0.05) is 17.3 Å². The second-order valence-electron chi connectivity index (χ2n) is 4.76. The molecule has 112 valence electrons. The van der Waals surface area contributed by atoms with Gasteiger partial charge in [0.05, 0.1) is 4.90 Å². The lowest BCUT2D eigenvalue weighted by Gasteiger charge is -2.08. The minimum absolute atomic E-state index is 0.157. The van der Waals surface area contributed by atoms with Crippen molar-refractivity contribution >= 4 is 21.5 Å². The molecule has 0 saturated carbocycles. The molecule has 1 aromatic heterocycles. The minimum Gasteiger partial charge on any atom is -0.381 e. The minimum atomic E-state index is -3.67. The fourth-order valence-corrected chi connectivity index (χ4v) is 2.60. The molecule has 0 saturated heterocycles. The van der Waals surface area contributed by atoms with E-state index in [4.69, 9.17) is 4.52 Å². The van der Waals surface area contributed by atoms with Crippen LogP contribution in [0.3, 0.4) is 0 Å². The van der Waals surface area contributed by atoms with Crippen molar-refractivity contribution in [3.63, 3.8) is 0 Å². The van der Waals surface area contributed by atoms with Gasteiger partial charge in [0.1, 0.15) is 5.76 Å². The van der Waals surface area contributed by atoms with Gasteiger partial charge in [-0.25, -0.2) is 8.42 Å². The molecule has 2 rings (SSSR count). The quantitative estimate of drug-likeness (QED) is 0.802. The zero-order chi connectivity index (χ0) is 15.5. The van der Waals surface area contributed by atoms with Crippen molar-refractivity contribution < 1.29 is 12.9 Å². The van der Waals surface area contributed by atoms with Gasteiger partial charge in [0.2, 0.25) is 0 Å². The largest absolute Gasteiger partial charge is 0.381 e. The predicted octanol–water partition coefficient (Wildman–Crippen LogP) is 2.77. The topological polar surface area (TPSA) is 84.2 Å². The average Bonchev–Trinajstić information content (AvgIpc) is 2.81. The molecule has 1 heterocycles. The van der Waals surface area contributed by atoms with Crippen molar-refractivity contribution in [1.29, 1.82) is 0 Å². The summed E-state index contributed by atoms with van der Waals surface area (Å²) in [5.41, 5.74) is 1.82. The molecular weight excluding hydrogens is 290 g/mol. The van der Waals surface area contributed by atoms with E-state index < -0.39 is 10.0 Å². The van der Waals surface area contributed by atoms with Gasteiger partial charge >= 0.3 is 0 Å². The van der Waals surface area contributed by atoms with E-state index in [-0.39, 0.29) is 10.7 Å². The third-order valence-electron chi connectivity index (χ3n) is 2.63. The van der Waals surface area contributed by atoms with Crippen molar-refractivity contribution in [2.45, 2.75) is 18.7 Å². The Kier molecular flexibility index (Phi) is 4.32. The number of nitrogens with zero attached hydrogens (tertiary/aromatic N) is 1. The Balaban J connectivity index is 2.11. The molecule has 0 amide bonds. The van der Waals surface area contributed by atoms with Crippen molar-refractivity contribution in [2.75, 3.05) is 16.6 Å². The molecule has 0 aliphatic heterocycles. The van der Waals surface area contributed by atoms with Crippen molar-refractivity contribution in [2.24, 2.45) is 0 Å². The summed E-state index contributed by atoms with van der Waals surface area (Å²) in [7, 11) is -3.67. The highest BCUT2D eigenvalue weighted by atomic mass is 32.2. The molecule has 7 heteroatoms. The molecule has 2 aromatic rings. The number of rotatable bonds is 6. The Morgan fingerprint density at radius 1 is 1.33 bits per heavy atom. The van der Waals surface area contributed by atoms with Crippen LogP contribution >= 0.6 is 0 Å². The smallest absolute Gasteiger partial charge is 0.263 e. The molecule has 2 N–H and O–H groups in total. The van der Waals surface area contributed by atoms with Crippen molar-refractivity contribution in [3.05, 3.63) is 48.2 Å². The number of aromatic nitrogens is 1. The van der Waals surface area contributed by atoms with E-state index in [2.05, 4.69) is 21.8 Å². The van der Waals surface area contributed by atoms with Gasteiger partial charge in [-0.3, -0.25) is 4.72 Å². The first kappa shape index (κ1) is 15.1. The fraction of sp³-hybridized carbons (Fsp3) is 0.214. The first-order chi connectivity index (χ1) is 9.87. The maximum atomic E-state index is 12.2. The maximum Gasteiger partial charge on any atom is 0.263 e. The Hall–Kier alpha value is -2.28. The second-order valence-corrected chi connectivity index (χ2v) is 6.45. The first-order valence-corrected chi connectivity index (χ1v) is 7.79. The van der Waals surface area contributed by atoms with Gasteiger partial charge in [-0.2, -0.15) is 0 Å². The van der Waals surface area contributed by atoms with E-state index in [1.165, 1.54) is 18.2 Å². The SMILES string of the molecule is C=C(C)CNc1ccc(S(=O)(=O)Nc2cc(C)on2)cc1. The van der Waals surface area contributed by atoms with Crippen molar-refractivity contribution in [3.8, 4) is 0 Å². The molecule has 6 nitrogen and oxygen atoms in total. The van der Waals surface area contributed by atoms with Gasteiger partial charge in [0.15, 0.2) is 5.82 Å². The van der Waals surface area contributed by atoms with Crippen LogP contribution in [0.4, 0.5) is 11.5 Å². The van der Waals surface area contributed by atoms with Gasteiger partial charge < -0.3 is 9.84 Å². The average molecular weight is 307 g/mol. The van der Waals surface area contributed by atoms with Crippen LogP contribution in [0.2, 0.25) is 0 Å². The molecule has 0 unspecified atom stereocenters. The van der Waals surface area contributed by atoms with Crippen LogP contribution in [0.25, 0.3) is 0 Å². The van der Waals surface area contributed by atoms with E-state index in [1.807, 2.05) is 6.92 Å². The number of sulfonamides is 1. The number of hydrogen-bond donors (Lipinski definition) is 2. The highest BCUT2D eigenvalue weighted by molar-refractivity contribution is 7.92. The van der Waals surface area contributed by atoms with Gasteiger partial charge in [0, 0.05) is 18.3 Å². The molecule has 0 spiro atoms. The summed E-state index contributed by atoms with van der Waals surface area (Å²) < 4.78 is 31.5. The number of nitrogens with one attached hydrogen (secondary N) is 2. The molecule has 0 atom stereocenters. The van der Waals surface area contributed by atoms with Crippen molar-refractivity contribution in [1.82, 2.24) is 5.16 Å². The summed E-state index contributed by atoms with van der Waals surface area (Å²) in [5.74, 6) is 0.698. The molecule has 0 fully saturated rings. The lowest BCUT2D eigenvalue weighted by Crippen LogP contribution is -2.13. The van der Waals surface area contributed by atoms with Crippen LogP contribution in [0.15, 0.2) is 51.9 Å². The van der Waals surface area contributed by atoms with Crippen LogP contribution in [0.1, 0.15) is 12.7 Å². The second kappa shape index (κ2) is 6.01. The van der Waals surface area contributed by atoms with E-state index in [0.29, 0.717) is 12.3 Å². The van der Waals surface area contributed by atoms with Crippen LogP contribution in [0, 0.1) is 6.92 Å². The summed E-state index contributed by atoms with van der Waals surface area (Å²) >= 11 is 0. The number of aryl methyl sites for hydroxylation is 1. The Morgan fingerprint density at radius 3 is 2.52 bits per heavy atom. The Morgan fingerprint density at radius 2 is 2.00 bits per heavy atom. The van der Waals surface area contributed by atoms with Gasteiger partial charge in [-0.15, -0.1) is 0 Å². The van der Waals surface area contributed by atoms with E-state index in [9.17, 15) is 8.42 Å². The number of anilines is 2. The van der Waals surface area contributed by atoms with E-state index in [0.717, 1.165) is 11.3 Å². The fourth-order valence-electron chi connectivity index (χ4n) is 1.62. The molecule has 21 heavy (non-hydrogen) atoms. The van der Waals surface area contributed by atoms with Gasteiger partial charge in [-0.05, 0) is 38.1 Å². The summed E-state index contributed by atoms with van der Waals surface area (Å²) in [4.78, 5) is 0.157. The Labute approximate surface area is 123 Å². The predicted molar refractivity (Wildman–Crippen MR) is 81.8 cm³/mol. The Bertz CT molecular complexity index is 733. The summed E-state index contributed by atoms with van der Waals surface area (Å²) in [5, 5.41) is 6.74. The number of benzene rings is 1. The zero-order valence-electron chi connectivity index (χ0n) is 11.9. The molecule has 0 bridgehead atoms. The van der Waals surface area contributed by atoms with Crippen LogP contribution in [0.5, 0.6) is 0 Å². The first-order valence-electron chi connectivity index (χ1n) is 6.31. The lowest BCUT2D eigenvalue weighted by atomic mass is 10.3. The monoisotopic (exact) mass is 307 g/mol. The summed E-state index contributed by atoms with van der Waals surface area (Å²) in [6, 6.07) is 7.96. The zero-order valence-corrected chi connectivity index (χ0v) is 12.7. The number of hydrogen-bond acceptors (Lipinski definition) is 5. The highest BCUT2D eigenvalue weighted by Crippen LogP contribution is 2.18. The maximum absolute atomic E-state index is 12.2. The molecule has 0 radical (unpaired) electrons. The summed E-state index contributed by atoms with van der Waals surface area (Å²) in [6.07, 6.45) is 0. The molecule has 0 aliphatic carbocycles. The van der Waals surface area contributed by atoms with Crippen LogP contribution in [-0.2, 0) is 10.0 Å². The normalized spacial score (nSPS) is 11.1. The van der Waals surface area contributed by atoms with E-state index in [1.54, 1.807) is 19.1 Å². The van der Waals surface area contributed by atoms with Gasteiger partial charge in [0.25, 0.3) is 10.0 Å².